The van der Waals surface area contributed by atoms with Crippen LogP contribution in [0.2, 0.25) is 10.0 Å². The Morgan fingerprint density at radius 2 is 2.07 bits per heavy atom. The Hall–Kier alpha value is -1.54. The van der Waals surface area contributed by atoms with Gasteiger partial charge in [0.15, 0.2) is 5.17 Å². The minimum absolute atomic E-state index is 0.100. The number of carbonyl (C=O) groups excluding carboxylic acids is 2. The van der Waals surface area contributed by atoms with Crippen molar-refractivity contribution in [1.82, 2.24) is 4.90 Å². The Morgan fingerprint density at radius 3 is 2.74 bits per heavy atom. The van der Waals surface area contributed by atoms with Crippen molar-refractivity contribution in [3.05, 3.63) is 45.1 Å². The number of esters is 1. The van der Waals surface area contributed by atoms with E-state index in [-0.39, 0.29) is 29.9 Å². The molecule has 0 radical (unpaired) electrons. The minimum atomic E-state index is -0.720. The van der Waals surface area contributed by atoms with Crippen molar-refractivity contribution in [3.8, 4) is 0 Å². The van der Waals surface area contributed by atoms with Gasteiger partial charge < -0.3 is 9.47 Å². The zero-order valence-corrected chi connectivity index (χ0v) is 17.3. The van der Waals surface area contributed by atoms with E-state index in [4.69, 9.17) is 32.7 Å². The Bertz CT molecular complexity index is 856. The van der Waals surface area contributed by atoms with Gasteiger partial charge in [0.25, 0.3) is 0 Å². The molecule has 0 bridgehead atoms. The molecule has 1 amide bonds. The molecule has 1 aromatic rings. The van der Waals surface area contributed by atoms with Gasteiger partial charge in [-0.05, 0) is 31.5 Å². The molecule has 144 valence electrons. The molecule has 0 saturated carbocycles. The molecule has 1 aromatic carbocycles. The van der Waals surface area contributed by atoms with Crippen molar-refractivity contribution in [2.75, 3.05) is 20.3 Å². The molecule has 2 atom stereocenters. The molecular weight excluding hydrogens is 411 g/mol. The Labute approximate surface area is 171 Å². The van der Waals surface area contributed by atoms with E-state index in [1.54, 1.807) is 32.0 Å². The lowest BCUT2D eigenvalue weighted by Crippen LogP contribution is -2.40. The first-order chi connectivity index (χ1) is 12.8. The summed E-state index contributed by atoms with van der Waals surface area (Å²) in [5.74, 6) is -0.690. The second-order valence-corrected chi connectivity index (χ2v) is 8.21. The van der Waals surface area contributed by atoms with Crippen LogP contribution >= 0.6 is 35.0 Å². The van der Waals surface area contributed by atoms with Gasteiger partial charge in [0.2, 0.25) is 5.91 Å². The fourth-order valence-electron chi connectivity index (χ4n) is 2.98. The normalized spacial score (nSPS) is 22.0. The highest BCUT2D eigenvalue weighted by Gasteiger charge is 2.46. The van der Waals surface area contributed by atoms with Gasteiger partial charge in [-0.15, -0.1) is 0 Å². The van der Waals surface area contributed by atoms with E-state index in [0.29, 0.717) is 26.5 Å². The number of benzene rings is 1. The van der Waals surface area contributed by atoms with Crippen LogP contribution in [0.1, 0.15) is 25.5 Å². The number of nitrogens with zero attached hydrogens (tertiary/aromatic N) is 2. The predicted octanol–water partition coefficient (Wildman–Crippen LogP) is 3.83. The highest BCUT2D eigenvalue weighted by atomic mass is 35.5. The van der Waals surface area contributed by atoms with Crippen LogP contribution in [0.15, 0.2) is 34.5 Å². The number of thioether (sulfide) groups is 1. The maximum atomic E-state index is 12.8. The summed E-state index contributed by atoms with van der Waals surface area (Å²) in [5, 5.41) is 1.08. The first-order valence-electron chi connectivity index (χ1n) is 8.25. The summed E-state index contributed by atoms with van der Waals surface area (Å²) in [5.41, 5.74) is 1.37. The van der Waals surface area contributed by atoms with Crippen LogP contribution in [0.4, 0.5) is 0 Å². The van der Waals surface area contributed by atoms with E-state index in [1.807, 2.05) is 0 Å². The molecule has 2 aliphatic rings. The number of allylic oxidation sites excluding steroid dienone is 1. The Morgan fingerprint density at radius 1 is 1.33 bits per heavy atom. The molecule has 0 N–H and O–H groups in total. The molecular formula is C18H18Cl2N2O4S. The van der Waals surface area contributed by atoms with Crippen LogP contribution in [0.25, 0.3) is 0 Å². The van der Waals surface area contributed by atoms with E-state index in [2.05, 4.69) is 4.99 Å². The van der Waals surface area contributed by atoms with Crippen LogP contribution in [0.5, 0.6) is 0 Å². The Balaban J connectivity index is 2.09. The van der Waals surface area contributed by atoms with Gasteiger partial charge >= 0.3 is 5.97 Å². The zero-order valence-electron chi connectivity index (χ0n) is 15.0. The summed E-state index contributed by atoms with van der Waals surface area (Å²) in [6, 6.07) is 4.26. The van der Waals surface area contributed by atoms with Crippen molar-refractivity contribution in [3.63, 3.8) is 0 Å². The van der Waals surface area contributed by atoms with Gasteiger partial charge in [0.1, 0.15) is 6.61 Å². The minimum Gasteiger partial charge on any atom is -0.460 e. The van der Waals surface area contributed by atoms with Crippen LogP contribution in [-0.4, -0.2) is 47.5 Å². The Kier molecular flexibility index (Phi) is 6.15. The van der Waals surface area contributed by atoms with Crippen molar-refractivity contribution in [2.45, 2.75) is 25.1 Å². The summed E-state index contributed by atoms with van der Waals surface area (Å²) in [4.78, 5) is 31.6. The molecule has 1 fully saturated rings. The van der Waals surface area contributed by atoms with Crippen molar-refractivity contribution in [2.24, 2.45) is 4.99 Å². The number of ether oxygens (including phenoxy) is 2. The van der Waals surface area contributed by atoms with Crippen molar-refractivity contribution >= 4 is 52.0 Å². The predicted molar refractivity (Wildman–Crippen MR) is 106 cm³/mol. The molecule has 2 heterocycles. The number of hydrogen-bond acceptors (Lipinski definition) is 6. The van der Waals surface area contributed by atoms with Crippen molar-refractivity contribution in [1.29, 1.82) is 0 Å². The van der Waals surface area contributed by atoms with Gasteiger partial charge in [-0.1, -0.05) is 41.0 Å². The van der Waals surface area contributed by atoms with Crippen LogP contribution in [0.3, 0.4) is 0 Å². The first kappa shape index (κ1) is 20.2. The van der Waals surface area contributed by atoms with Gasteiger partial charge in [0.05, 0.1) is 29.2 Å². The van der Waals surface area contributed by atoms with E-state index < -0.39 is 12.0 Å². The number of methoxy groups -OCH3 is 1. The monoisotopic (exact) mass is 428 g/mol. The molecule has 1 saturated heterocycles. The molecule has 0 aliphatic carbocycles. The molecule has 6 nitrogen and oxygen atoms in total. The van der Waals surface area contributed by atoms with Gasteiger partial charge in [-0.25, -0.2) is 9.79 Å². The van der Waals surface area contributed by atoms with Crippen molar-refractivity contribution < 1.29 is 19.1 Å². The van der Waals surface area contributed by atoms with E-state index in [0.717, 1.165) is 0 Å². The van der Waals surface area contributed by atoms with Gasteiger partial charge in [-0.2, -0.15) is 0 Å². The number of aliphatic imine (C=N–C) groups is 1. The van der Waals surface area contributed by atoms with Gasteiger partial charge in [-0.3, -0.25) is 9.69 Å². The van der Waals surface area contributed by atoms with Crippen LogP contribution < -0.4 is 0 Å². The van der Waals surface area contributed by atoms with Gasteiger partial charge in [0, 0.05) is 17.2 Å². The summed E-state index contributed by atoms with van der Waals surface area (Å²) in [7, 11) is 1.52. The second kappa shape index (κ2) is 8.22. The quantitative estimate of drug-likeness (QED) is 0.526. The highest BCUT2D eigenvalue weighted by Crippen LogP contribution is 2.45. The third-order valence-electron chi connectivity index (χ3n) is 4.26. The smallest absolute Gasteiger partial charge is 0.338 e. The highest BCUT2D eigenvalue weighted by molar-refractivity contribution is 8.15. The largest absolute Gasteiger partial charge is 0.460 e. The lowest BCUT2D eigenvalue weighted by atomic mass is 9.94. The van der Waals surface area contributed by atoms with Crippen LogP contribution in [-0.2, 0) is 19.1 Å². The molecule has 0 aromatic heterocycles. The van der Waals surface area contributed by atoms with E-state index >= 15 is 0 Å². The second-order valence-electron chi connectivity index (χ2n) is 6.06. The lowest BCUT2D eigenvalue weighted by Gasteiger charge is -2.33. The first-order valence-corrected chi connectivity index (χ1v) is 9.89. The standard InChI is InChI=1S/C18H18Cl2N2O4S/c1-9-14(17(24)26-7-6-25-3)15(12-5-4-11(19)8-13(12)20)22-16(23)10(2)27-18(22)21-9/h4-5,8,10,15H,6-7H2,1-3H3/t10-,15-/m0/s1. The number of halogens is 2. The topological polar surface area (TPSA) is 68.2 Å². The van der Waals surface area contributed by atoms with E-state index in [9.17, 15) is 9.59 Å². The molecule has 2 aliphatic heterocycles. The molecule has 0 unspecified atom stereocenters. The molecule has 0 spiro atoms. The van der Waals surface area contributed by atoms with Crippen LogP contribution in [0, 0.1) is 0 Å². The zero-order chi connectivity index (χ0) is 19.7. The number of carbonyl (C=O) groups is 2. The maximum absolute atomic E-state index is 12.8. The SMILES string of the molecule is COCCOC(=O)C1=C(C)N=C2S[C@@H](C)C(=O)N2[C@H]1c1ccc(Cl)cc1Cl. The summed E-state index contributed by atoms with van der Waals surface area (Å²) < 4.78 is 10.2. The summed E-state index contributed by atoms with van der Waals surface area (Å²) >= 11 is 13.8. The average Bonchev–Trinajstić information content (AvgIpc) is 2.88. The number of amides is 1. The lowest BCUT2D eigenvalue weighted by molar-refractivity contribution is -0.141. The average molecular weight is 429 g/mol. The fourth-order valence-corrected chi connectivity index (χ4v) is 4.52. The number of hydrogen-bond donors (Lipinski definition) is 0. The molecule has 3 rings (SSSR count). The third kappa shape index (κ3) is 3.87. The van der Waals surface area contributed by atoms with E-state index in [1.165, 1.54) is 23.8 Å². The molecule has 27 heavy (non-hydrogen) atoms. The number of amidine groups is 1. The summed E-state index contributed by atoms with van der Waals surface area (Å²) in [6.45, 7) is 3.90. The fraction of sp³-hybridized carbons (Fsp3) is 0.389. The number of fused-ring (bicyclic) bond motifs is 1. The summed E-state index contributed by atoms with van der Waals surface area (Å²) in [6.07, 6.45) is 0. The third-order valence-corrected chi connectivity index (χ3v) is 5.87. The number of rotatable bonds is 5. The molecule has 9 heteroatoms. The maximum Gasteiger partial charge on any atom is 0.338 e.